The second-order valence-corrected chi connectivity index (χ2v) is 5.74. The van der Waals surface area contributed by atoms with Gasteiger partial charge in [0.2, 0.25) is 5.91 Å². The van der Waals surface area contributed by atoms with Crippen molar-refractivity contribution >= 4 is 11.9 Å². The molecule has 4 heteroatoms. The van der Waals surface area contributed by atoms with Gasteiger partial charge in [-0.05, 0) is 31.6 Å². The van der Waals surface area contributed by atoms with Crippen LogP contribution in [0.25, 0.3) is 0 Å². The number of amides is 1. The second-order valence-electron chi connectivity index (χ2n) is 5.74. The maximum Gasteiger partial charge on any atom is 0.307 e. The SMILES string of the molecule is O=C(O)[C@H]1CC=CC[C@H]1C(=O)NCC1CCCCC1. The van der Waals surface area contributed by atoms with Crippen LogP contribution in [0.15, 0.2) is 12.2 Å². The predicted molar refractivity (Wildman–Crippen MR) is 72.6 cm³/mol. The number of allylic oxidation sites excluding steroid dienone is 2. The van der Waals surface area contributed by atoms with Gasteiger partial charge in [0.05, 0.1) is 11.8 Å². The van der Waals surface area contributed by atoms with Crippen molar-refractivity contribution in [1.82, 2.24) is 5.32 Å². The summed E-state index contributed by atoms with van der Waals surface area (Å²) < 4.78 is 0. The van der Waals surface area contributed by atoms with E-state index in [0.717, 1.165) is 0 Å². The third kappa shape index (κ3) is 3.82. The monoisotopic (exact) mass is 265 g/mol. The molecule has 0 heterocycles. The van der Waals surface area contributed by atoms with Crippen LogP contribution in [0.4, 0.5) is 0 Å². The zero-order chi connectivity index (χ0) is 13.7. The number of nitrogens with one attached hydrogen (secondary N) is 1. The molecule has 0 bridgehead atoms. The van der Waals surface area contributed by atoms with Gasteiger partial charge in [0.25, 0.3) is 0 Å². The number of carbonyl (C=O) groups is 2. The molecule has 4 nitrogen and oxygen atoms in total. The van der Waals surface area contributed by atoms with Crippen molar-refractivity contribution in [3.05, 3.63) is 12.2 Å². The summed E-state index contributed by atoms with van der Waals surface area (Å²) >= 11 is 0. The van der Waals surface area contributed by atoms with Gasteiger partial charge in [0.1, 0.15) is 0 Å². The van der Waals surface area contributed by atoms with E-state index in [0.29, 0.717) is 25.3 Å². The van der Waals surface area contributed by atoms with Gasteiger partial charge in [-0.1, -0.05) is 31.4 Å². The fraction of sp³-hybridized carbons (Fsp3) is 0.733. The van der Waals surface area contributed by atoms with Crippen LogP contribution >= 0.6 is 0 Å². The number of aliphatic carboxylic acids is 1. The van der Waals surface area contributed by atoms with E-state index < -0.39 is 17.8 Å². The molecule has 0 aliphatic heterocycles. The van der Waals surface area contributed by atoms with Gasteiger partial charge in [-0.15, -0.1) is 0 Å². The Labute approximate surface area is 114 Å². The number of hydrogen-bond donors (Lipinski definition) is 2. The maximum absolute atomic E-state index is 12.1. The van der Waals surface area contributed by atoms with E-state index in [-0.39, 0.29) is 5.91 Å². The van der Waals surface area contributed by atoms with Gasteiger partial charge >= 0.3 is 5.97 Å². The van der Waals surface area contributed by atoms with Gasteiger partial charge in [-0.2, -0.15) is 0 Å². The molecule has 0 aromatic heterocycles. The lowest BCUT2D eigenvalue weighted by atomic mass is 9.82. The molecule has 1 saturated carbocycles. The quantitative estimate of drug-likeness (QED) is 0.767. The lowest BCUT2D eigenvalue weighted by Crippen LogP contribution is -2.40. The van der Waals surface area contributed by atoms with Crippen LogP contribution in [-0.2, 0) is 9.59 Å². The summed E-state index contributed by atoms with van der Waals surface area (Å²) in [7, 11) is 0. The summed E-state index contributed by atoms with van der Waals surface area (Å²) in [4.78, 5) is 23.3. The Morgan fingerprint density at radius 1 is 1.05 bits per heavy atom. The Morgan fingerprint density at radius 2 is 1.68 bits per heavy atom. The first-order valence-corrected chi connectivity index (χ1v) is 7.34. The molecule has 2 atom stereocenters. The summed E-state index contributed by atoms with van der Waals surface area (Å²) in [6.07, 6.45) is 11.0. The van der Waals surface area contributed by atoms with Gasteiger partial charge in [-0.3, -0.25) is 9.59 Å². The van der Waals surface area contributed by atoms with Gasteiger partial charge < -0.3 is 10.4 Å². The molecule has 106 valence electrons. The van der Waals surface area contributed by atoms with Gasteiger partial charge in [-0.25, -0.2) is 0 Å². The zero-order valence-corrected chi connectivity index (χ0v) is 11.3. The lowest BCUT2D eigenvalue weighted by molar-refractivity contribution is -0.147. The third-order valence-corrected chi connectivity index (χ3v) is 4.38. The molecule has 2 aliphatic rings. The first-order chi connectivity index (χ1) is 9.18. The zero-order valence-electron chi connectivity index (χ0n) is 11.3. The van der Waals surface area contributed by atoms with Crippen molar-refractivity contribution in [2.45, 2.75) is 44.9 Å². The molecule has 19 heavy (non-hydrogen) atoms. The van der Waals surface area contributed by atoms with E-state index in [1.165, 1.54) is 32.1 Å². The fourth-order valence-electron chi connectivity index (χ4n) is 3.14. The molecule has 1 fully saturated rings. The van der Waals surface area contributed by atoms with E-state index in [9.17, 15) is 9.59 Å². The second kappa shape index (κ2) is 6.73. The molecule has 0 saturated heterocycles. The van der Waals surface area contributed by atoms with Crippen LogP contribution in [0.5, 0.6) is 0 Å². The van der Waals surface area contributed by atoms with Crippen LogP contribution < -0.4 is 5.32 Å². The summed E-state index contributed by atoms with van der Waals surface area (Å²) in [5.74, 6) is -1.31. The maximum atomic E-state index is 12.1. The molecule has 2 N–H and O–H groups in total. The molecule has 0 unspecified atom stereocenters. The van der Waals surface area contributed by atoms with Crippen molar-refractivity contribution in [3.63, 3.8) is 0 Å². The minimum Gasteiger partial charge on any atom is -0.481 e. The summed E-state index contributed by atoms with van der Waals surface area (Å²) in [5, 5.41) is 12.1. The molecular formula is C15H23NO3. The highest BCUT2D eigenvalue weighted by Gasteiger charge is 2.33. The van der Waals surface area contributed by atoms with Crippen molar-refractivity contribution in [3.8, 4) is 0 Å². The molecule has 0 spiro atoms. The highest BCUT2D eigenvalue weighted by Crippen LogP contribution is 2.27. The standard InChI is InChI=1S/C15H23NO3/c17-14(16-10-11-6-2-1-3-7-11)12-8-4-5-9-13(12)15(18)19/h4-5,11-13H,1-3,6-10H2,(H,16,17)(H,18,19)/t12-,13+/m1/s1. The largest absolute Gasteiger partial charge is 0.481 e. The number of carboxylic acids is 1. The Balaban J connectivity index is 1.84. The molecule has 0 aromatic rings. The molecule has 2 aliphatic carbocycles. The number of carboxylic acid groups (broad SMARTS) is 1. The van der Waals surface area contributed by atoms with Gasteiger partial charge in [0.15, 0.2) is 0 Å². The van der Waals surface area contributed by atoms with Crippen LogP contribution in [0, 0.1) is 17.8 Å². The fourth-order valence-corrected chi connectivity index (χ4v) is 3.14. The third-order valence-electron chi connectivity index (χ3n) is 4.38. The van der Waals surface area contributed by atoms with Crippen molar-refractivity contribution in [1.29, 1.82) is 0 Å². The highest BCUT2D eigenvalue weighted by atomic mass is 16.4. The molecule has 0 aromatic carbocycles. The number of hydrogen-bond acceptors (Lipinski definition) is 2. The lowest BCUT2D eigenvalue weighted by Gasteiger charge is -2.26. The van der Waals surface area contributed by atoms with Crippen LogP contribution in [0.2, 0.25) is 0 Å². The average molecular weight is 265 g/mol. The first kappa shape index (κ1) is 14.1. The van der Waals surface area contributed by atoms with Gasteiger partial charge in [0, 0.05) is 6.54 Å². The molecule has 2 rings (SSSR count). The van der Waals surface area contributed by atoms with E-state index in [1.54, 1.807) is 0 Å². The average Bonchev–Trinajstić information content (AvgIpc) is 2.46. The summed E-state index contributed by atoms with van der Waals surface area (Å²) in [5.41, 5.74) is 0. The molecular weight excluding hydrogens is 242 g/mol. The van der Waals surface area contributed by atoms with E-state index >= 15 is 0 Å². The minimum absolute atomic E-state index is 0.0812. The minimum atomic E-state index is -0.859. The predicted octanol–water partition coefficient (Wildman–Crippen LogP) is 2.35. The normalized spacial score (nSPS) is 28.0. The van der Waals surface area contributed by atoms with Crippen molar-refractivity contribution in [2.75, 3.05) is 6.54 Å². The van der Waals surface area contributed by atoms with Crippen LogP contribution in [-0.4, -0.2) is 23.5 Å². The van der Waals surface area contributed by atoms with E-state index in [1.807, 2.05) is 12.2 Å². The van der Waals surface area contributed by atoms with Crippen LogP contribution in [0.3, 0.4) is 0 Å². The molecule has 1 amide bonds. The summed E-state index contributed by atoms with van der Waals surface area (Å²) in [6.45, 7) is 0.714. The Kier molecular flexibility index (Phi) is 5.00. The Hall–Kier alpha value is -1.32. The Bertz CT molecular complexity index is 358. The number of carbonyl (C=O) groups excluding carboxylic acids is 1. The Morgan fingerprint density at radius 3 is 2.32 bits per heavy atom. The van der Waals surface area contributed by atoms with Crippen molar-refractivity contribution < 1.29 is 14.7 Å². The van der Waals surface area contributed by atoms with E-state index in [2.05, 4.69) is 5.32 Å². The number of rotatable bonds is 4. The highest BCUT2D eigenvalue weighted by molar-refractivity contribution is 5.85. The van der Waals surface area contributed by atoms with E-state index in [4.69, 9.17) is 5.11 Å². The van der Waals surface area contributed by atoms with Crippen molar-refractivity contribution in [2.24, 2.45) is 17.8 Å². The smallest absolute Gasteiger partial charge is 0.307 e. The van der Waals surface area contributed by atoms with Crippen LogP contribution in [0.1, 0.15) is 44.9 Å². The summed E-state index contributed by atoms with van der Waals surface area (Å²) in [6, 6.07) is 0. The molecule has 0 radical (unpaired) electrons. The topological polar surface area (TPSA) is 66.4 Å². The first-order valence-electron chi connectivity index (χ1n) is 7.34.